The lowest BCUT2D eigenvalue weighted by atomic mass is 10.1. The van der Waals surface area contributed by atoms with Crippen LogP contribution in [0.4, 0.5) is 0 Å². The van der Waals surface area contributed by atoms with Crippen LogP contribution in [0.1, 0.15) is 12.0 Å². The normalized spacial score (nSPS) is 14.4. The first-order valence-electron chi connectivity index (χ1n) is 5.51. The maximum Gasteiger partial charge on any atom is 0.191 e. The Balaban J connectivity index is 0.00000128. The van der Waals surface area contributed by atoms with Crippen molar-refractivity contribution in [1.29, 1.82) is 0 Å². The van der Waals surface area contributed by atoms with E-state index in [0.717, 1.165) is 38.4 Å². The molecule has 4 heteroatoms. The van der Waals surface area contributed by atoms with Crippen LogP contribution in [0.5, 0.6) is 0 Å². The third kappa shape index (κ3) is 4.38. The van der Waals surface area contributed by atoms with Crippen molar-refractivity contribution in [1.82, 2.24) is 10.6 Å². The smallest absolute Gasteiger partial charge is 0.191 e. The van der Waals surface area contributed by atoms with Crippen LogP contribution in [0.3, 0.4) is 0 Å². The molecule has 1 heterocycles. The van der Waals surface area contributed by atoms with Crippen molar-refractivity contribution in [2.75, 3.05) is 19.6 Å². The molecule has 3 nitrogen and oxygen atoms in total. The maximum atomic E-state index is 4.36. The Kier molecular flexibility index (Phi) is 6.22. The lowest BCUT2D eigenvalue weighted by Gasteiger charge is -2.15. The molecule has 88 valence electrons. The molecule has 1 aromatic rings. The topological polar surface area (TPSA) is 36.4 Å². The maximum absolute atomic E-state index is 4.36. The van der Waals surface area contributed by atoms with Gasteiger partial charge in [-0.1, -0.05) is 30.3 Å². The van der Waals surface area contributed by atoms with Gasteiger partial charge in [0, 0.05) is 19.6 Å². The van der Waals surface area contributed by atoms with Crippen LogP contribution in [-0.2, 0) is 6.42 Å². The highest BCUT2D eigenvalue weighted by atomic mass is 127. The number of hydrogen-bond acceptors (Lipinski definition) is 3. The number of guanidine groups is 1. The van der Waals surface area contributed by atoms with E-state index in [4.69, 9.17) is 0 Å². The highest BCUT2D eigenvalue weighted by molar-refractivity contribution is 14.0. The first-order valence-corrected chi connectivity index (χ1v) is 5.51. The number of nitrogens with one attached hydrogen (secondary N) is 2. The lowest BCUT2D eigenvalue weighted by Crippen LogP contribution is -2.41. The first-order chi connectivity index (χ1) is 7.45. The third-order valence-electron chi connectivity index (χ3n) is 2.45. The zero-order valence-electron chi connectivity index (χ0n) is 9.28. The molecular formula is C12H18IN3. The summed E-state index contributed by atoms with van der Waals surface area (Å²) >= 11 is 0. The predicted molar refractivity (Wildman–Crippen MR) is 78.5 cm³/mol. The average Bonchev–Trinajstić information content (AvgIpc) is 2.32. The van der Waals surface area contributed by atoms with Gasteiger partial charge in [-0.25, -0.2) is 0 Å². The molecule has 0 fully saturated rings. The van der Waals surface area contributed by atoms with Crippen molar-refractivity contribution in [2.24, 2.45) is 4.99 Å². The van der Waals surface area contributed by atoms with E-state index in [9.17, 15) is 0 Å². The summed E-state index contributed by atoms with van der Waals surface area (Å²) in [5, 5.41) is 6.55. The molecule has 1 aromatic carbocycles. The minimum Gasteiger partial charge on any atom is -0.356 e. The van der Waals surface area contributed by atoms with Crippen molar-refractivity contribution in [3.63, 3.8) is 0 Å². The highest BCUT2D eigenvalue weighted by Gasteiger charge is 2.01. The number of benzene rings is 1. The molecule has 1 aliphatic heterocycles. The number of aliphatic imine (C=N–C) groups is 1. The summed E-state index contributed by atoms with van der Waals surface area (Å²) in [6.45, 7) is 2.92. The van der Waals surface area contributed by atoms with Gasteiger partial charge in [0.15, 0.2) is 5.96 Å². The zero-order chi connectivity index (χ0) is 10.3. The second-order valence-corrected chi connectivity index (χ2v) is 3.67. The van der Waals surface area contributed by atoms with E-state index in [1.807, 2.05) is 6.07 Å². The Morgan fingerprint density at radius 1 is 1.25 bits per heavy atom. The number of rotatable bonds is 3. The summed E-state index contributed by atoms with van der Waals surface area (Å²) in [6, 6.07) is 10.5. The molecule has 0 spiro atoms. The van der Waals surface area contributed by atoms with Gasteiger partial charge < -0.3 is 10.6 Å². The summed E-state index contributed by atoms with van der Waals surface area (Å²) in [6.07, 6.45) is 2.19. The molecule has 0 aliphatic carbocycles. The monoisotopic (exact) mass is 331 g/mol. The van der Waals surface area contributed by atoms with E-state index < -0.39 is 0 Å². The zero-order valence-corrected chi connectivity index (χ0v) is 11.6. The van der Waals surface area contributed by atoms with Crippen LogP contribution in [0.15, 0.2) is 35.3 Å². The van der Waals surface area contributed by atoms with Crippen LogP contribution in [0.25, 0.3) is 0 Å². The molecule has 0 saturated carbocycles. The Hall–Kier alpha value is -0.780. The standard InChI is InChI=1S/C12H17N3.HI/c1-2-5-11(6-3-1)7-10-15-12-13-8-4-9-14-12;/h1-3,5-6H,4,7-10H2,(H2,13,14,15);1H. The summed E-state index contributed by atoms with van der Waals surface area (Å²) in [5.41, 5.74) is 1.36. The molecule has 16 heavy (non-hydrogen) atoms. The van der Waals surface area contributed by atoms with Crippen molar-refractivity contribution >= 4 is 29.9 Å². The van der Waals surface area contributed by atoms with E-state index in [-0.39, 0.29) is 24.0 Å². The number of nitrogens with zero attached hydrogens (tertiary/aromatic N) is 1. The molecular weight excluding hydrogens is 313 g/mol. The molecule has 1 aliphatic rings. The van der Waals surface area contributed by atoms with Crippen molar-refractivity contribution in [2.45, 2.75) is 12.8 Å². The minimum absolute atomic E-state index is 0. The van der Waals surface area contributed by atoms with Crippen LogP contribution in [0, 0.1) is 0 Å². The molecule has 0 radical (unpaired) electrons. The molecule has 0 amide bonds. The van der Waals surface area contributed by atoms with Crippen LogP contribution in [-0.4, -0.2) is 25.6 Å². The molecule has 0 atom stereocenters. The van der Waals surface area contributed by atoms with Gasteiger partial charge >= 0.3 is 0 Å². The molecule has 2 N–H and O–H groups in total. The summed E-state index contributed by atoms with van der Waals surface area (Å²) < 4.78 is 0. The van der Waals surface area contributed by atoms with Gasteiger partial charge in [-0.2, -0.15) is 0 Å². The van der Waals surface area contributed by atoms with Crippen molar-refractivity contribution in [3.8, 4) is 0 Å². The average molecular weight is 331 g/mol. The van der Waals surface area contributed by atoms with E-state index in [0.29, 0.717) is 0 Å². The fourth-order valence-corrected chi connectivity index (χ4v) is 1.62. The molecule has 0 aromatic heterocycles. The van der Waals surface area contributed by atoms with Gasteiger partial charge in [0.05, 0.1) is 0 Å². The lowest BCUT2D eigenvalue weighted by molar-refractivity contribution is 0.700. The fourth-order valence-electron chi connectivity index (χ4n) is 1.62. The quantitative estimate of drug-likeness (QED) is 0.829. The van der Waals surface area contributed by atoms with E-state index in [1.165, 1.54) is 5.56 Å². The summed E-state index contributed by atoms with van der Waals surface area (Å²) in [7, 11) is 0. The Morgan fingerprint density at radius 3 is 2.75 bits per heavy atom. The Labute approximate surface area is 114 Å². The van der Waals surface area contributed by atoms with Gasteiger partial charge in [-0.15, -0.1) is 24.0 Å². The second kappa shape index (κ2) is 7.49. The van der Waals surface area contributed by atoms with Gasteiger partial charge in [-0.05, 0) is 18.4 Å². The van der Waals surface area contributed by atoms with Gasteiger partial charge in [0.25, 0.3) is 0 Å². The SMILES string of the molecule is I.c1ccc(CCNC2=NCCCN2)cc1. The summed E-state index contributed by atoms with van der Waals surface area (Å²) in [5.74, 6) is 0.956. The third-order valence-corrected chi connectivity index (χ3v) is 2.45. The van der Waals surface area contributed by atoms with E-state index in [2.05, 4.69) is 39.9 Å². The molecule has 2 rings (SSSR count). The number of hydrogen-bond donors (Lipinski definition) is 2. The largest absolute Gasteiger partial charge is 0.356 e. The highest BCUT2D eigenvalue weighted by Crippen LogP contribution is 1.98. The summed E-state index contributed by atoms with van der Waals surface area (Å²) in [4.78, 5) is 4.36. The fraction of sp³-hybridized carbons (Fsp3) is 0.417. The van der Waals surface area contributed by atoms with Crippen LogP contribution < -0.4 is 10.6 Å². The molecule has 0 bridgehead atoms. The number of halogens is 1. The van der Waals surface area contributed by atoms with Crippen LogP contribution in [0.2, 0.25) is 0 Å². The van der Waals surface area contributed by atoms with E-state index >= 15 is 0 Å². The van der Waals surface area contributed by atoms with E-state index in [1.54, 1.807) is 0 Å². The predicted octanol–water partition coefficient (Wildman–Crippen LogP) is 1.79. The van der Waals surface area contributed by atoms with Gasteiger partial charge in [0.2, 0.25) is 0 Å². The Morgan fingerprint density at radius 2 is 2.06 bits per heavy atom. The van der Waals surface area contributed by atoms with Crippen LogP contribution >= 0.6 is 24.0 Å². The van der Waals surface area contributed by atoms with Crippen molar-refractivity contribution in [3.05, 3.63) is 35.9 Å². The van der Waals surface area contributed by atoms with Gasteiger partial charge in [-0.3, -0.25) is 4.99 Å². The molecule has 0 unspecified atom stereocenters. The van der Waals surface area contributed by atoms with Gasteiger partial charge in [0.1, 0.15) is 0 Å². The van der Waals surface area contributed by atoms with Crippen molar-refractivity contribution < 1.29 is 0 Å². The minimum atomic E-state index is 0. The first kappa shape index (κ1) is 13.3. The second-order valence-electron chi connectivity index (χ2n) is 3.67. The Bertz CT molecular complexity index is 324. The molecule has 0 saturated heterocycles.